The number of hydrogen-bond acceptors (Lipinski definition) is 6. The van der Waals surface area contributed by atoms with Crippen molar-refractivity contribution in [1.82, 2.24) is 20.1 Å². The second kappa shape index (κ2) is 9.76. The highest BCUT2D eigenvalue weighted by Gasteiger charge is 2.22. The first-order valence-electron chi connectivity index (χ1n) is 12.1. The van der Waals surface area contributed by atoms with Crippen molar-refractivity contribution in [1.29, 1.82) is 5.41 Å². The Morgan fingerprint density at radius 2 is 2.08 bits per heavy atom. The molecule has 6 rings (SSSR count). The number of nitrogens with zero attached hydrogens (tertiary/aromatic N) is 3. The Labute approximate surface area is 213 Å². The van der Waals surface area contributed by atoms with Gasteiger partial charge in [-0.2, -0.15) is 5.10 Å². The number of benzene rings is 2. The quantitative estimate of drug-likeness (QED) is 0.163. The molecule has 0 aliphatic carbocycles. The average molecular weight is 500 g/mol. The summed E-state index contributed by atoms with van der Waals surface area (Å²) >= 11 is 6.07. The number of furan rings is 1. The zero-order valence-electron chi connectivity index (χ0n) is 19.7. The number of para-hydroxylation sites is 1. The monoisotopic (exact) mass is 499 g/mol. The fourth-order valence-corrected chi connectivity index (χ4v) is 5.15. The Morgan fingerprint density at radius 1 is 1.17 bits per heavy atom. The van der Waals surface area contributed by atoms with Crippen LogP contribution in [0.3, 0.4) is 0 Å². The maximum atomic E-state index is 8.56. The average Bonchev–Trinajstić information content (AvgIpc) is 3.50. The number of aromatic amines is 1. The number of pyridine rings is 1. The molecule has 8 heteroatoms. The van der Waals surface area contributed by atoms with Crippen LogP contribution in [0.2, 0.25) is 5.15 Å². The van der Waals surface area contributed by atoms with Gasteiger partial charge in [0.25, 0.3) is 0 Å². The number of likely N-dealkylation sites (tertiary alicyclic amines) is 1. The highest BCUT2D eigenvalue weighted by molar-refractivity contribution is 6.29. The lowest BCUT2D eigenvalue weighted by Crippen LogP contribution is -2.37. The van der Waals surface area contributed by atoms with Crippen molar-refractivity contribution in [3.63, 3.8) is 0 Å². The van der Waals surface area contributed by atoms with Crippen molar-refractivity contribution in [3.05, 3.63) is 83.3 Å². The third-order valence-corrected chi connectivity index (χ3v) is 6.95. The smallest absolute Gasteiger partial charge is 0.213 e. The van der Waals surface area contributed by atoms with Crippen molar-refractivity contribution in [2.75, 3.05) is 19.7 Å². The lowest BCUT2D eigenvalue weighted by molar-refractivity contribution is 0.115. The second-order valence-corrected chi connectivity index (χ2v) is 9.72. The Balaban J connectivity index is 1.10. The van der Waals surface area contributed by atoms with Crippen molar-refractivity contribution in [2.24, 2.45) is 5.92 Å². The van der Waals surface area contributed by atoms with Crippen LogP contribution in [-0.4, -0.2) is 45.7 Å². The van der Waals surface area contributed by atoms with Crippen LogP contribution in [0.25, 0.3) is 33.1 Å². The van der Waals surface area contributed by atoms with Gasteiger partial charge in [0.1, 0.15) is 22.2 Å². The van der Waals surface area contributed by atoms with Crippen LogP contribution < -0.4 is 0 Å². The largest absolute Gasteiger partial charge is 0.477 e. The minimum atomic E-state index is 0.172. The van der Waals surface area contributed by atoms with Crippen molar-refractivity contribution in [3.8, 4) is 11.3 Å². The van der Waals surface area contributed by atoms with Gasteiger partial charge in [0.2, 0.25) is 5.90 Å². The molecule has 1 aliphatic rings. The first-order chi connectivity index (χ1) is 17.6. The zero-order chi connectivity index (χ0) is 24.5. The summed E-state index contributed by atoms with van der Waals surface area (Å²) in [4.78, 5) is 6.47. The molecule has 36 heavy (non-hydrogen) atoms. The highest BCUT2D eigenvalue weighted by Crippen LogP contribution is 2.29. The molecule has 0 saturated carbocycles. The normalized spacial score (nSPS) is 16.5. The summed E-state index contributed by atoms with van der Waals surface area (Å²) in [5, 5.41) is 18.5. The Bertz CT molecular complexity index is 1510. The number of H-pyrrole nitrogens is 1. The van der Waals surface area contributed by atoms with Gasteiger partial charge in [0.05, 0.1) is 18.7 Å². The third-order valence-electron chi connectivity index (χ3n) is 6.75. The minimum Gasteiger partial charge on any atom is -0.477 e. The molecule has 1 aliphatic heterocycles. The van der Waals surface area contributed by atoms with E-state index in [1.807, 2.05) is 42.5 Å². The minimum absolute atomic E-state index is 0.172. The van der Waals surface area contributed by atoms with E-state index in [0.717, 1.165) is 76.9 Å². The molecule has 2 aromatic carbocycles. The first kappa shape index (κ1) is 22.8. The van der Waals surface area contributed by atoms with Gasteiger partial charge in [0.15, 0.2) is 0 Å². The topological polar surface area (TPSA) is 91.0 Å². The first-order valence-corrected chi connectivity index (χ1v) is 12.5. The van der Waals surface area contributed by atoms with Crippen LogP contribution in [-0.2, 0) is 11.3 Å². The van der Waals surface area contributed by atoms with E-state index in [1.165, 1.54) is 0 Å². The van der Waals surface area contributed by atoms with E-state index in [2.05, 4.69) is 32.2 Å². The molecule has 0 spiro atoms. The summed E-state index contributed by atoms with van der Waals surface area (Å²) in [7, 11) is 0. The molecule has 1 saturated heterocycles. The SMILES string of the molecule is N=C(OCC1CCCN(Cc2cc3ccccc3o2)C1)c1ccc2[nH]nc(-c3ccnc(Cl)c3)c2c1. The molecule has 182 valence electrons. The van der Waals surface area contributed by atoms with E-state index in [-0.39, 0.29) is 5.90 Å². The molecule has 0 bridgehead atoms. The molecule has 0 amide bonds. The predicted molar refractivity (Wildman–Crippen MR) is 141 cm³/mol. The van der Waals surface area contributed by atoms with E-state index in [4.69, 9.17) is 26.2 Å². The second-order valence-electron chi connectivity index (χ2n) is 9.33. The fraction of sp³-hybridized carbons (Fsp3) is 0.250. The number of halogens is 1. The molecule has 7 nitrogen and oxygen atoms in total. The van der Waals surface area contributed by atoms with Crippen LogP contribution in [0.5, 0.6) is 0 Å². The van der Waals surface area contributed by atoms with Gasteiger partial charge in [-0.3, -0.25) is 15.4 Å². The fourth-order valence-electron chi connectivity index (χ4n) is 4.98. The summed E-state index contributed by atoms with van der Waals surface area (Å²) in [5.41, 5.74) is 4.20. The van der Waals surface area contributed by atoms with E-state index in [1.54, 1.807) is 12.3 Å². The number of rotatable bonds is 6. The summed E-state index contributed by atoms with van der Waals surface area (Å²) in [6.45, 7) is 3.29. The molecule has 2 N–H and O–H groups in total. The van der Waals surface area contributed by atoms with Crippen LogP contribution in [0.15, 0.2) is 71.3 Å². The van der Waals surface area contributed by atoms with Crippen LogP contribution >= 0.6 is 11.6 Å². The summed E-state index contributed by atoms with van der Waals surface area (Å²) in [5.74, 6) is 1.53. The van der Waals surface area contributed by atoms with Gasteiger partial charge in [-0.05, 0) is 61.9 Å². The number of fused-ring (bicyclic) bond motifs is 2. The Kier molecular flexibility index (Phi) is 6.17. The maximum Gasteiger partial charge on any atom is 0.213 e. The van der Waals surface area contributed by atoms with Crippen molar-refractivity contribution < 1.29 is 9.15 Å². The highest BCUT2D eigenvalue weighted by atomic mass is 35.5. The molecule has 1 unspecified atom stereocenters. The number of piperidine rings is 1. The Hall–Kier alpha value is -3.68. The lowest BCUT2D eigenvalue weighted by Gasteiger charge is -2.32. The molecule has 3 aromatic heterocycles. The Morgan fingerprint density at radius 3 is 2.97 bits per heavy atom. The third kappa shape index (κ3) is 4.72. The summed E-state index contributed by atoms with van der Waals surface area (Å²) in [6, 6.07) is 19.7. The van der Waals surface area contributed by atoms with Gasteiger partial charge >= 0.3 is 0 Å². The maximum absolute atomic E-state index is 8.56. The van der Waals surface area contributed by atoms with E-state index in [9.17, 15) is 0 Å². The van der Waals surface area contributed by atoms with Gasteiger partial charge in [-0.15, -0.1) is 0 Å². The molecular formula is C28H26ClN5O2. The standard InChI is InChI=1S/C28H26ClN5O2/c29-26-14-20(9-10-31-26)27-23-13-21(7-8-24(23)32-33-27)28(30)35-17-18-4-3-11-34(15-18)16-22-12-19-5-1-2-6-25(19)36-22/h1-2,5-10,12-14,18,30H,3-4,11,15-17H2,(H,32,33). The van der Waals surface area contributed by atoms with Crippen LogP contribution in [0.1, 0.15) is 24.2 Å². The number of hydrogen-bond donors (Lipinski definition) is 2. The van der Waals surface area contributed by atoms with Crippen LogP contribution in [0.4, 0.5) is 0 Å². The molecule has 1 fully saturated rings. The summed E-state index contributed by atoms with van der Waals surface area (Å²) in [6.07, 6.45) is 3.87. The molecule has 4 heterocycles. The van der Waals surface area contributed by atoms with Gasteiger partial charge in [-0.1, -0.05) is 29.8 Å². The van der Waals surface area contributed by atoms with Crippen molar-refractivity contribution in [2.45, 2.75) is 19.4 Å². The summed E-state index contributed by atoms with van der Waals surface area (Å²) < 4.78 is 12.0. The van der Waals surface area contributed by atoms with Crippen LogP contribution in [0, 0.1) is 11.3 Å². The van der Waals surface area contributed by atoms with Gasteiger partial charge in [0, 0.05) is 40.6 Å². The number of nitrogens with one attached hydrogen (secondary N) is 2. The van der Waals surface area contributed by atoms with Crippen molar-refractivity contribution >= 4 is 39.4 Å². The lowest BCUT2D eigenvalue weighted by atomic mass is 9.99. The number of ether oxygens (including phenoxy) is 1. The number of aromatic nitrogens is 3. The molecule has 5 aromatic rings. The van der Waals surface area contributed by atoms with E-state index in [0.29, 0.717) is 17.7 Å². The van der Waals surface area contributed by atoms with E-state index < -0.39 is 0 Å². The molecular weight excluding hydrogens is 474 g/mol. The zero-order valence-corrected chi connectivity index (χ0v) is 20.5. The predicted octanol–water partition coefficient (Wildman–Crippen LogP) is 6.28. The van der Waals surface area contributed by atoms with E-state index >= 15 is 0 Å². The molecule has 0 radical (unpaired) electrons. The van der Waals surface area contributed by atoms with Gasteiger partial charge in [-0.25, -0.2) is 4.98 Å². The molecule has 1 atom stereocenters. The van der Waals surface area contributed by atoms with Gasteiger partial charge < -0.3 is 9.15 Å².